The zero-order chi connectivity index (χ0) is 14.9. The van der Waals surface area contributed by atoms with E-state index < -0.39 is 10.4 Å². The van der Waals surface area contributed by atoms with Crippen molar-refractivity contribution in [3.8, 4) is 0 Å². The van der Waals surface area contributed by atoms with Gasteiger partial charge in [0.2, 0.25) is 16.2 Å². The number of rotatable bonds is 6. The summed E-state index contributed by atoms with van der Waals surface area (Å²) in [5.74, 6) is 1.39. The van der Waals surface area contributed by atoms with Gasteiger partial charge in [-0.3, -0.25) is 13.7 Å². The fourth-order valence-corrected chi connectivity index (χ4v) is 2.28. The Morgan fingerprint density at radius 2 is 2.05 bits per heavy atom. The molecule has 0 aromatic heterocycles. The molecule has 7 nitrogen and oxygen atoms in total. The third kappa shape index (κ3) is 7.46. The van der Waals surface area contributed by atoms with Gasteiger partial charge in [-0.25, -0.2) is 8.42 Å². The molecule has 0 saturated carbocycles. The first-order chi connectivity index (χ1) is 8.89. The Balaban J connectivity index is 0.000000399. The molecule has 19 heavy (non-hydrogen) atoms. The van der Waals surface area contributed by atoms with Gasteiger partial charge < -0.3 is 9.66 Å². The third-order valence-corrected chi connectivity index (χ3v) is 3.22. The van der Waals surface area contributed by atoms with Crippen LogP contribution in [0.1, 0.15) is 27.2 Å². The minimum Gasteiger partial charge on any atom is -0.726 e. The summed E-state index contributed by atoms with van der Waals surface area (Å²) in [6.45, 7) is 10.0. The summed E-state index contributed by atoms with van der Waals surface area (Å²) in [5.41, 5.74) is 0. The number of amidine groups is 1. The second-order valence-corrected chi connectivity index (χ2v) is 4.93. The fraction of sp³-hybridized carbons (Fsp3) is 0.909. The molecule has 0 unspecified atom stereocenters. The maximum atomic E-state index is 9.45. The van der Waals surface area contributed by atoms with Crippen LogP contribution in [0.2, 0.25) is 0 Å². The number of hydrogen-bond acceptors (Lipinski definition) is 6. The molecule has 0 radical (unpaired) electrons. The van der Waals surface area contributed by atoms with E-state index in [0.717, 1.165) is 32.6 Å². The van der Waals surface area contributed by atoms with Crippen molar-refractivity contribution in [2.45, 2.75) is 27.2 Å². The van der Waals surface area contributed by atoms with Crippen LogP contribution in [0, 0.1) is 0 Å². The van der Waals surface area contributed by atoms with Crippen molar-refractivity contribution >= 4 is 16.2 Å². The number of likely N-dealkylation sites (N-methyl/N-ethyl adjacent to an activating group) is 1. The summed E-state index contributed by atoms with van der Waals surface area (Å²) in [6, 6.07) is 0. The predicted molar refractivity (Wildman–Crippen MR) is 70.9 cm³/mol. The number of aliphatic hydroxyl groups is 1. The number of aliphatic hydroxyl groups excluding tert-OH is 1. The second kappa shape index (κ2) is 9.24. The highest BCUT2D eigenvalue weighted by molar-refractivity contribution is 7.80. The summed E-state index contributed by atoms with van der Waals surface area (Å²) >= 11 is 0. The molecule has 0 atom stereocenters. The van der Waals surface area contributed by atoms with Crippen LogP contribution >= 0.6 is 0 Å². The number of hydrogen-bond donors (Lipinski definition) is 1. The lowest BCUT2D eigenvalue weighted by molar-refractivity contribution is -0.515. The van der Waals surface area contributed by atoms with Crippen LogP contribution in [-0.4, -0.2) is 72.8 Å². The molecular weight excluding hydrogens is 272 g/mol. The Morgan fingerprint density at radius 3 is 2.37 bits per heavy atom. The largest absolute Gasteiger partial charge is 0.726 e. The van der Waals surface area contributed by atoms with Crippen LogP contribution in [0.3, 0.4) is 0 Å². The van der Waals surface area contributed by atoms with Crippen LogP contribution < -0.4 is 0 Å². The Hall–Kier alpha value is -0.700. The lowest BCUT2D eigenvalue weighted by Gasteiger charge is -2.09. The molecule has 1 aliphatic rings. The van der Waals surface area contributed by atoms with Crippen LogP contribution in [0.5, 0.6) is 0 Å². The minimum atomic E-state index is -4.42. The summed E-state index contributed by atoms with van der Waals surface area (Å²) < 4.78 is 34.4. The molecule has 0 aliphatic carbocycles. The average molecular weight is 296 g/mol. The van der Waals surface area contributed by atoms with Crippen molar-refractivity contribution in [1.82, 2.24) is 4.90 Å². The summed E-state index contributed by atoms with van der Waals surface area (Å²) in [5, 5.41) is 8.83. The quantitative estimate of drug-likeness (QED) is 0.408. The predicted octanol–water partition coefficient (Wildman–Crippen LogP) is -0.382. The first-order valence-electron chi connectivity index (χ1n) is 6.46. The molecular formula is C11H24N2O5S. The highest BCUT2D eigenvalue weighted by Crippen LogP contribution is 2.03. The molecule has 1 N–H and O–H groups in total. The van der Waals surface area contributed by atoms with Gasteiger partial charge in [0.1, 0.15) is 19.6 Å². The third-order valence-electron chi connectivity index (χ3n) is 2.70. The van der Waals surface area contributed by atoms with Gasteiger partial charge in [0.05, 0.1) is 19.8 Å². The summed E-state index contributed by atoms with van der Waals surface area (Å²) in [6.07, 6.45) is 1.08. The van der Waals surface area contributed by atoms with Gasteiger partial charge >= 0.3 is 0 Å². The molecule has 0 amide bonds. The molecule has 0 spiro atoms. The van der Waals surface area contributed by atoms with Gasteiger partial charge in [-0.05, 0) is 13.8 Å². The second-order valence-electron chi connectivity index (χ2n) is 3.87. The van der Waals surface area contributed by atoms with E-state index in [4.69, 9.17) is 5.11 Å². The molecule has 1 rings (SSSR count). The Morgan fingerprint density at radius 1 is 1.42 bits per heavy atom. The maximum Gasteiger partial charge on any atom is 0.246 e. The van der Waals surface area contributed by atoms with Crippen molar-refractivity contribution in [3.05, 3.63) is 0 Å². The van der Waals surface area contributed by atoms with E-state index in [0.29, 0.717) is 0 Å². The highest BCUT2D eigenvalue weighted by Gasteiger charge is 2.26. The zero-order valence-corrected chi connectivity index (χ0v) is 12.6. The summed E-state index contributed by atoms with van der Waals surface area (Å²) in [7, 11) is -4.42. The van der Waals surface area contributed by atoms with Gasteiger partial charge in [0.15, 0.2) is 0 Å². The van der Waals surface area contributed by atoms with E-state index in [1.54, 1.807) is 0 Å². The van der Waals surface area contributed by atoms with Crippen molar-refractivity contribution < 1.29 is 26.8 Å². The lowest BCUT2D eigenvalue weighted by Crippen LogP contribution is -2.31. The monoisotopic (exact) mass is 296 g/mol. The SMILES string of the molecule is CCC1=[N+](CC)CCN1CCO.CCOS(=O)(=O)[O-]. The van der Waals surface area contributed by atoms with Crippen molar-refractivity contribution in [2.75, 3.05) is 39.4 Å². The Labute approximate surface area is 115 Å². The average Bonchev–Trinajstić information content (AvgIpc) is 2.71. The zero-order valence-electron chi connectivity index (χ0n) is 11.8. The van der Waals surface area contributed by atoms with Crippen LogP contribution in [-0.2, 0) is 14.6 Å². The Bertz CT molecular complexity index is 381. The van der Waals surface area contributed by atoms with Gasteiger partial charge in [-0.15, -0.1) is 0 Å². The van der Waals surface area contributed by atoms with Crippen LogP contribution in [0.15, 0.2) is 0 Å². The standard InChI is InChI=1S/C9H19N2O.C2H6O4S/c1-3-9-10(4-2)5-6-11(9)7-8-12;1-2-6-7(3,4)5/h12H,3-8H2,1-2H3;2H2,1H3,(H,3,4,5)/q+1;/p-1. The molecule has 1 heterocycles. The van der Waals surface area contributed by atoms with E-state index in [-0.39, 0.29) is 13.2 Å². The minimum absolute atomic E-state index is 0.0914. The topological polar surface area (TPSA) is 92.9 Å². The van der Waals surface area contributed by atoms with E-state index in [9.17, 15) is 13.0 Å². The van der Waals surface area contributed by atoms with Gasteiger partial charge in [0.25, 0.3) is 0 Å². The smallest absolute Gasteiger partial charge is 0.246 e. The molecule has 0 saturated heterocycles. The highest BCUT2D eigenvalue weighted by atomic mass is 32.3. The molecule has 1 aliphatic heterocycles. The van der Waals surface area contributed by atoms with E-state index in [1.165, 1.54) is 12.8 Å². The summed E-state index contributed by atoms with van der Waals surface area (Å²) in [4.78, 5) is 2.28. The van der Waals surface area contributed by atoms with Gasteiger partial charge in [0, 0.05) is 6.42 Å². The van der Waals surface area contributed by atoms with Gasteiger partial charge in [-0.2, -0.15) is 0 Å². The molecule has 0 bridgehead atoms. The van der Waals surface area contributed by atoms with Crippen LogP contribution in [0.25, 0.3) is 0 Å². The molecule has 114 valence electrons. The molecule has 0 aromatic carbocycles. The van der Waals surface area contributed by atoms with Crippen LogP contribution in [0.4, 0.5) is 0 Å². The van der Waals surface area contributed by atoms with E-state index in [1.807, 2.05) is 0 Å². The van der Waals surface area contributed by atoms with Crippen molar-refractivity contribution in [3.63, 3.8) is 0 Å². The first kappa shape index (κ1) is 18.3. The lowest BCUT2D eigenvalue weighted by atomic mass is 10.4. The molecule has 0 fully saturated rings. The van der Waals surface area contributed by atoms with Crippen molar-refractivity contribution in [1.29, 1.82) is 0 Å². The van der Waals surface area contributed by atoms with Gasteiger partial charge in [-0.1, -0.05) is 6.92 Å². The Kier molecular flexibility index (Phi) is 8.90. The molecule has 8 heteroatoms. The number of nitrogens with zero attached hydrogens (tertiary/aromatic N) is 2. The fourth-order valence-electron chi connectivity index (χ4n) is 1.99. The first-order valence-corrected chi connectivity index (χ1v) is 7.79. The molecule has 0 aromatic rings. The number of β-amino-alcohol motifs (C(OH)–C–C–N with tert-alkyl or cyclic N) is 1. The van der Waals surface area contributed by atoms with E-state index >= 15 is 0 Å². The normalized spacial score (nSPS) is 15.5. The maximum absolute atomic E-state index is 9.45. The van der Waals surface area contributed by atoms with Crippen molar-refractivity contribution in [2.24, 2.45) is 0 Å². The van der Waals surface area contributed by atoms with E-state index in [2.05, 4.69) is 27.5 Å².